The predicted molar refractivity (Wildman–Crippen MR) is 104 cm³/mol. The number of benzene rings is 1. The quantitative estimate of drug-likeness (QED) is 0.629. The van der Waals surface area contributed by atoms with Gasteiger partial charge in [-0.25, -0.2) is 0 Å². The summed E-state index contributed by atoms with van der Waals surface area (Å²) in [7, 11) is 0. The van der Waals surface area contributed by atoms with Crippen LogP contribution >= 0.6 is 12.4 Å². The molecule has 1 saturated heterocycles. The van der Waals surface area contributed by atoms with E-state index in [2.05, 4.69) is 0 Å². The summed E-state index contributed by atoms with van der Waals surface area (Å²) in [5.74, 6) is 0.567. The summed E-state index contributed by atoms with van der Waals surface area (Å²) in [5, 5.41) is 0. The lowest BCUT2D eigenvalue weighted by atomic mass is 9.91. The van der Waals surface area contributed by atoms with Crippen LogP contribution in [0.2, 0.25) is 0 Å². The highest BCUT2D eigenvalue weighted by atomic mass is 35.5. The van der Waals surface area contributed by atoms with Crippen LogP contribution in [-0.4, -0.2) is 30.4 Å². The summed E-state index contributed by atoms with van der Waals surface area (Å²) in [4.78, 5) is 14.2. The number of hydrogen-bond acceptors (Lipinski definition) is 2. The Morgan fingerprint density at radius 3 is 2.70 bits per heavy atom. The molecule has 0 radical (unpaired) electrons. The van der Waals surface area contributed by atoms with Gasteiger partial charge in [-0.3, -0.25) is 4.79 Å². The van der Waals surface area contributed by atoms with E-state index in [9.17, 15) is 18.0 Å². The average Bonchev–Trinajstić information content (AvgIpc) is 2.63. The SMILES string of the molecule is Cl.NCCCCCC(=O)N1CCCC(CCc2cccc(C(F)(F)F)c2)C1. The van der Waals surface area contributed by atoms with Gasteiger partial charge in [-0.2, -0.15) is 13.2 Å². The Morgan fingerprint density at radius 2 is 2.00 bits per heavy atom. The lowest BCUT2D eigenvalue weighted by Crippen LogP contribution is -2.39. The Labute approximate surface area is 165 Å². The highest BCUT2D eigenvalue weighted by Gasteiger charge is 2.30. The first kappa shape index (κ1) is 23.8. The van der Waals surface area contributed by atoms with E-state index in [-0.39, 0.29) is 18.3 Å². The Balaban J connectivity index is 0.00000364. The van der Waals surface area contributed by atoms with E-state index in [1.165, 1.54) is 12.1 Å². The highest BCUT2D eigenvalue weighted by Crippen LogP contribution is 2.30. The predicted octanol–water partition coefficient (Wildman–Crippen LogP) is 4.82. The molecule has 3 nitrogen and oxygen atoms in total. The van der Waals surface area contributed by atoms with Gasteiger partial charge in [-0.15, -0.1) is 12.4 Å². The zero-order chi connectivity index (χ0) is 19.0. The Hall–Kier alpha value is -1.27. The van der Waals surface area contributed by atoms with Crippen LogP contribution in [0.5, 0.6) is 0 Å². The van der Waals surface area contributed by atoms with Crippen LogP contribution in [0.15, 0.2) is 24.3 Å². The van der Waals surface area contributed by atoms with Gasteiger partial charge >= 0.3 is 6.18 Å². The minimum atomic E-state index is -4.30. The van der Waals surface area contributed by atoms with Gasteiger partial charge in [0.05, 0.1) is 5.56 Å². The number of rotatable bonds is 8. The van der Waals surface area contributed by atoms with E-state index in [4.69, 9.17) is 5.73 Å². The van der Waals surface area contributed by atoms with Crippen LogP contribution in [0.25, 0.3) is 0 Å². The number of halogens is 4. The largest absolute Gasteiger partial charge is 0.416 e. The second-order valence-electron chi connectivity index (χ2n) is 7.18. The van der Waals surface area contributed by atoms with Gasteiger partial charge in [0.2, 0.25) is 5.91 Å². The van der Waals surface area contributed by atoms with Crippen LogP contribution in [0.1, 0.15) is 56.1 Å². The second kappa shape index (κ2) is 11.5. The van der Waals surface area contributed by atoms with Crippen molar-refractivity contribution < 1.29 is 18.0 Å². The third kappa shape index (κ3) is 8.09. The molecule has 1 aliphatic rings. The first-order chi connectivity index (χ1) is 12.4. The normalized spacial score (nSPS) is 17.5. The molecule has 7 heteroatoms. The molecule has 2 rings (SSSR count). The van der Waals surface area contributed by atoms with Crippen LogP contribution in [0.4, 0.5) is 13.2 Å². The molecule has 1 fully saturated rings. The standard InChI is InChI=1S/C20H29F3N2O.ClH/c21-20(22,23)18-8-4-6-16(14-18)10-11-17-7-5-13-25(15-17)19(26)9-2-1-3-12-24;/h4,6,8,14,17H,1-3,5,7,9-13,15,24H2;1H. The number of aryl methyl sites for hydroxylation is 1. The van der Waals surface area contributed by atoms with Gasteiger partial charge in [0.25, 0.3) is 0 Å². The zero-order valence-corrected chi connectivity index (χ0v) is 16.5. The number of carbonyl (C=O) groups excluding carboxylic acids is 1. The van der Waals surface area contributed by atoms with E-state index in [0.29, 0.717) is 30.9 Å². The molecule has 1 atom stereocenters. The van der Waals surface area contributed by atoms with Crippen molar-refractivity contribution in [1.29, 1.82) is 0 Å². The fraction of sp³-hybridized carbons (Fsp3) is 0.650. The summed E-state index contributed by atoms with van der Waals surface area (Å²) < 4.78 is 38.4. The highest BCUT2D eigenvalue weighted by molar-refractivity contribution is 5.85. The lowest BCUT2D eigenvalue weighted by Gasteiger charge is -2.33. The van der Waals surface area contributed by atoms with Crippen molar-refractivity contribution in [3.8, 4) is 0 Å². The average molecular weight is 407 g/mol. The monoisotopic (exact) mass is 406 g/mol. The number of unbranched alkanes of at least 4 members (excludes halogenated alkanes) is 2. The smallest absolute Gasteiger partial charge is 0.342 e. The zero-order valence-electron chi connectivity index (χ0n) is 15.6. The van der Waals surface area contributed by atoms with Crippen molar-refractivity contribution in [1.82, 2.24) is 4.90 Å². The van der Waals surface area contributed by atoms with Gasteiger partial charge < -0.3 is 10.6 Å². The first-order valence-electron chi connectivity index (χ1n) is 9.54. The number of hydrogen-bond donors (Lipinski definition) is 1. The summed E-state index contributed by atoms with van der Waals surface area (Å²) in [6, 6.07) is 5.56. The molecule has 154 valence electrons. The fourth-order valence-electron chi connectivity index (χ4n) is 3.56. The van der Waals surface area contributed by atoms with Crippen LogP contribution < -0.4 is 5.73 Å². The molecular weight excluding hydrogens is 377 g/mol. The van der Waals surface area contributed by atoms with Crippen LogP contribution in [0.3, 0.4) is 0 Å². The van der Waals surface area contributed by atoms with Crippen LogP contribution in [-0.2, 0) is 17.4 Å². The number of alkyl halides is 3. The minimum absolute atomic E-state index is 0. The molecule has 1 aliphatic heterocycles. The third-order valence-electron chi connectivity index (χ3n) is 5.06. The van der Waals surface area contributed by atoms with Crippen molar-refractivity contribution in [3.63, 3.8) is 0 Å². The maximum Gasteiger partial charge on any atom is 0.416 e. The van der Waals surface area contributed by atoms with Gasteiger partial charge in [0.15, 0.2) is 0 Å². The summed E-state index contributed by atoms with van der Waals surface area (Å²) in [5.41, 5.74) is 5.59. The number of piperidine rings is 1. The molecule has 0 aromatic heterocycles. The molecule has 0 bridgehead atoms. The molecule has 1 heterocycles. The second-order valence-corrected chi connectivity index (χ2v) is 7.18. The molecule has 1 aromatic carbocycles. The fourth-order valence-corrected chi connectivity index (χ4v) is 3.56. The molecule has 1 amide bonds. The Kier molecular flexibility index (Phi) is 10.2. The maximum atomic E-state index is 12.8. The Morgan fingerprint density at radius 1 is 1.22 bits per heavy atom. The number of nitrogens with two attached hydrogens (primary N) is 1. The van der Waals surface area contributed by atoms with E-state index in [0.717, 1.165) is 57.7 Å². The number of carbonyl (C=O) groups is 1. The van der Waals surface area contributed by atoms with E-state index in [1.807, 2.05) is 4.90 Å². The van der Waals surface area contributed by atoms with E-state index >= 15 is 0 Å². The van der Waals surface area contributed by atoms with E-state index < -0.39 is 11.7 Å². The Bertz CT molecular complexity index is 581. The summed E-state index contributed by atoms with van der Waals surface area (Å²) in [6.45, 7) is 2.19. The molecule has 27 heavy (non-hydrogen) atoms. The molecule has 1 aromatic rings. The minimum Gasteiger partial charge on any atom is -0.342 e. The van der Waals surface area contributed by atoms with Crippen molar-refractivity contribution in [2.45, 2.75) is 57.5 Å². The van der Waals surface area contributed by atoms with Crippen molar-refractivity contribution in [3.05, 3.63) is 35.4 Å². The summed E-state index contributed by atoms with van der Waals surface area (Å²) >= 11 is 0. The number of likely N-dealkylation sites (tertiary alicyclic amines) is 1. The molecule has 1 unspecified atom stereocenters. The van der Waals surface area contributed by atoms with Crippen molar-refractivity contribution in [2.24, 2.45) is 11.7 Å². The van der Waals surface area contributed by atoms with Gasteiger partial charge in [0.1, 0.15) is 0 Å². The van der Waals surface area contributed by atoms with E-state index in [1.54, 1.807) is 6.07 Å². The topological polar surface area (TPSA) is 46.3 Å². The maximum absolute atomic E-state index is 12.8. The molecule has 0 saturated carbocycles. The number of amides is 1. The molecular formula is C20H30ClF3N2O. The van der Waals surface area contributed by atoms with Crippen molar-refractivity contribution >= 4 is 18.3 Å². The molecule has 2 N–H and O–H groups in total. The van der Waals surface area contributed by atoms with Gasteiger partial charge in [-0.1, -0.05) is 24.6 Å². The van der Waals surface area contributed by atoms with Gasteiger partial charge in [-0.05, 0) is 62.6 Å². The summed E-state index contributed by atoms with van der Waals surface area (Å²) in [6.07, 6.45) is 2.53. The lowest BCUT2D eigenvalue weighted by molar-refractivity contribution is -0.137. The number of nitrogens with zero attached hydrogens (tertiary/aromatic N) is 1. The third-order valence-corrected chi connectivity index (χ3v) is 5.06. The molecule has 0 aliphatic carbocycles. The van der Waals surface area contributed by atoms with Crippen LogP contribution in [0, 0.1) is 5.92 Å². The van der Waals surface area contributed by atoms with Crippen molar-refractivity contribution in [2.75, 3.05) is 19.6 Å². The first-order valence-corrected chi connectivity index (χ1v) is 9.54. The molecule has 0 spiro atoms. The van der Waals surface area contributed by atoms with Gasteiger partial charge in [0, 0.05) is 19.5 Å².